The maximum absolute atomic E-state index is 12.1. The van der Waals surface area contributed by atoms with Crippen LogP contribution in [0.1, 0.15) is 5.76 Å². The van der Waals surface area contributed by atoms with E-state index in [1.165, 1.54) is 24.3 Å². The van der Waals surface area contributed by atoms with Crippen LogP contribution >= 0.6 is 58.6 Å². The molecule has 0 aliphatic rings. The van der Waals surface area contributed by atoms with Crippen LogP contribution in [0.15, 0.2) is 53.0 Å². The van der Waals surface area contributed by atoms with Crippen LogP contribution in [0.2, 0.25) is 20.1 Å². The Bertz CT molecular complexity index is 1140. The van der Waals surface area contributed by atoms with Gasteiger partial charge in [0, 0.05) is 26.7 Å². The number of aromatic hydroxyl groups is 1. The molecule has 10 heteroatoms. The van der Waals surface area contributed by atoms with Crippen molar-refractivity contribution in [2.75, 3.05) is 5.32 Å². The molecule has 0 saturated heterocycles. The number of hydrogen-bond acceptors (Lipinski definition) is 4. The molecule has 0 atom stereocenters. The number of halogens is 4. The summed E-state index contributed by atoms with van der Waals surface area (Å²) in [5.41, 5.74) is 0.875. The molecule has 0 spiro atoms. The molecule has 154 valence electrons. The molecule has 1 heterocycles. The first-order valence-corrected chi connectivity index (χ1v) is 10.2. The topological polar surface area (TPSA) is 74.5 Å². The third-order valence-corrected chi connectivity index (χ3v) is 4.83. The Morgan fingerprint density at radius 2 is 1.67 bits per heavy atom. The standard InChI is InChI=1S/C20H12Cl4N2O3S/c21-11-5-10(6-12(22)7-11)17-3-1-14(29-17)2-4-18(27)26-20(30)25-16-9-13(23)8-15(24)19(16)28/h1-9,28H,(H2,25,26,27,30)/b4-2+. The van der Waals surface area contributed by atoms with Crippen LogP contribution in [-0.2, 0) is 4.79 Å². The lowest BCUT2D eigenvalue weighted by Gasteiger charge is -2.11. The van der Waals surface area contributed by atoms with Gasteiger partial charge in [0.1, 0.15) is 11.5 Å². The number of benzene rings is 2. The summed E-state index contributed by atoms with van der Waals surface area (Å²) >= 11 is 28.8. The van der Waals surface area contributed by atoms with Gasteiger partial charge in [0.15, 0.2) is 10.9 Å². The number of nitrogens with one attached hydrogen (secondary N) is 2. The highest BCUT2D eigenvalue weighted by Gasteiger charge is 2.11. The average Bonchev–Trinajstić information content (AvgIpc) is 3.12. The van der Waals surface area contributed by atoms with Crippen molar-refractivity contribution in [3.05, 3.63) is 74.4 Å². The highest BCUT2D eigenvalue weighted by molar-refractivity contribution is 7.80. The van der Waals surface area contributed by atoms with Gasteiger partial charge in [-0.3, -0.25) is 10.1 Å². The fourth-order valence-electron chi connectivity index (χ4n) is 2.42. The summed E-state index contributed by atoms with van der Waals surface area (Å²) in [4.78, 5) is 12.1. The first-order chi connectivity index (χ1) is 14.2. The molecule has 0 fully saturated rings. The summed E-state index contributed by atoms with van der Waals surface area (Å²) < 4.78 is 5.68. The largest absolute Gasteiger partial charge is 0.504 e. The molecule has 3 rings (SSSR count). The zero-order valence-corrected chi connectivity index (χ0v) is 18.7. The molecule has 2 aromatic carbocycles. The van der Waals surface area contributed by atoms with Crippen molar-refractivity contribution < 1.29 is 14.3 Å². The maximum Gasteiger partial charge on any atom is 0.250 e. The number of furan rings is 1. The number of amides is 1. The zero-order valence-electron chi connectivity index (χ0n) is 14.9. The van der Waals surface area contributed by atoms with E-state index < -0.39 is 5.91 Å². The molecular formula is C20H12Cl4N2O3S. The van der Waals surface area contributed by atoms with Crippen molar-refractivity contribution in [3.8, 4) is 17.1 Å². The molecule has 1 aromatic heterocycles. The average molecular weight is 502 g/mol. The highest BCUT2D eigenvalue weighted by atomic mass is 35.5. The number of carbonyl (C=O) groups excluding carboxylic acids is 1. The van der Waals surface area contributed by atoms with E-state index in [0.717, 1.165) is 0 Å². The second kappa shape index (κ2) is 9.73. The van der Waals surface area contributed by atoms with E-state index in [0.29, 0.717) is 32.2 Å². The van der Waals surface area contributed by atoms with Gasteiger partial charge in [0.2, 0.25) is 5.91 Å². The van der Waals surface area contributed by atoms with Crippen LogP contribution in [0, 0.1) is 0 Å². The molecule has 3 N–H and O–H groups in total. The Hall–Kier alpha value is -2.22. The van der Waals surface area contributed by atoms with Gasteiger partial charge in [-0.25, -0.2) is 0 Å². The molecule has 0 bridgehead atoms. The van der Waals surface area contributed by atoms with Crippen molar-refractivity contribution in [1.82, 2.24) is 5.32 Å². The van der Waals surface area contributed by atoms with Crippen LogP contribution in [0.5, 0.6) is 5.75 Å². The normalized spacial score (nSPS) is 10.9. The van der Waals surface area contributed by atoms with Gasteiger partial charge in [-0.1, -0.05) is 46.4 Å². The molecule has 1 amide bonds. The lowest BCUT2D eigenvalue weighted by molar-refractivity contribution is -0.115. The molecule has 0 radical (unpaired) electrons. The molecule has 30 heavy (non-hydrogen) atoms. The fraction of sp³-hybridized carbons (Fsp3) is 0. The van der Waals surface area contributed by atoms with Crippen molar-refractivity contribution in [2.45, 2.75) is 0 Å². The third-order valence-electron chi connectivity index (χ3n) is 3.69. The maximum atomic E-state index is 12.1. The van der Waals surface area contributed by atoms with Gasteiger partial charge in [-0.05, 0) is 60.8 Å². The minimum absolute atomic E-state index is 0.0491. The molecule has 0 saturated carbocycles. The van der Waals surface area contributed by atoms with Gasteiger partial charge in [0.25, 0.3) is 0 Å². The van der Waals surface area contributed by atoms with Gasteiger partial charge in [-0.15, -0.1) is 0 Å². The Kier molecular flexibility index (Phi) is 7.28. The molecular weight excluding hydrogens is 490 g/mol. The summed E-state index contributed by atoms with van der Waals surface area (Å²) in [5.74, 6) is 0.237. The quantitative estimate of drug-likeness (QED) is 0.208. The zero-order chi connectivity index (χ0) is 21.8. The first-order valence-electron chi connectivity index (χ1n) is 8.25. The van der Waals surface area contributed by atoms with Crippen LogP contribution in [-0.4, -0.2) is 16.1 Å². The van der Waals surface area contributed by atoms with Crippen LogP contribution in [0.3, 0.4) is 0 Å². The fourth-order valence-corrected chi connectivity index (χ4v) is 3.65. The number of thiocarbonyl (C=S) groups is 1. The SMILES string of the molecule is O=C(/C=C/c1ccc(-c2cc(Cl)cc(Cl)c2)o1)NC(=S)Nc1cc(Cl)cc(Cl)c1O. The minimum Gasteiger partial charge on any atom is -0.504 e. The van der Waals surface area contributed by atoms with E-state index in [1.54, 1.807) is 30.3 Å². The number of phenolic OH excluding ortho intramolecular Hbond substituents is 1. The van der Waals surface area contributed by atoms with E-state index in [4.69, 9.17) is 63.0 Å². The number of carbonyl (C=O) groups is 1. The molecule has 0 unspecified atom stereocenters. The van der Waals surface area contributed by atoms with Crippen LogP contribution < -0.4 is 10.6 Å². The smallest absolute Gasteiger partial charge is 0.250 e. The van der Waals surface area contributed by atoms with Crippen molar-refractivity contribution in [1.29, 1.82) is 0 Å². The Labute approximate surface area is 197 Å². The molecule has 3 aromatic rings. The van der Waals surface area contributed by atoms with Gasteiger partial charge in [-0.2, -0.15) is 0 Å². The second-order valence-electron chi connectivity index (χ2n) is 5.92. The summed E-state index contributed by atoms with van der Waals surface area (Å²) in [6, 6.07) is 11.3. The van der Waals surface area contributed by atoms with Crippen LogP contribution in [0.4, 0.5) is 5.69 Å². The highest BCUT2D eigenvalue weighted by Crippen LogP contribution is 2.35. The number of hydrogen-bond donors (Lipinski definition) is 3. The molecule has 0 aliphatic heterocycles. The predicted octanol–water partition coefficient (Wildman–Crippen LogP) is 6.79. The van der Waals surface area contributed by atoms with Crippen molar-refractivity contribution >= 4 is 81.4 Å². The summed E-state index contributed by atoms with van der Waals surface area (Å²) in [5, 5.41) is 16.3. The lowest BCUT2D eigenvalue weighted by Crippen LogP contribution is -2.32. The van der Waals surface area contributed by atoms with Crippen LogP contribution in [0.25, 0.3) is 17.4 Å². The minimum atomic E-state index is -0.510. The molecule has 0 aliphatic carbocycles. The van der Waals surface area contributed by atoms with E-state index in [1.807, 2.05) is 0 Å². The van der Waals surface area contributed by atoms with Gasteiger partial charge >= 0.3 is 0 Å². The lowest BCUT2D eigenvalue weighted by atomic mass is 10.2. The number of phenols is 1. The first kappa shape index (κ1) is 22.5. The van der Waals surface area contributed by atoms with Crippen molar-refractivity contribution in [2.24, 2.45) is 0 Å². The van der Waals surface area contributed by atoms with E-state index >= 15 is 0 Å². The van der Waals surface area contributed by atoms with E-state index in [2.05, 4.69) is 10.6 Å². The van der Waals surface area contributed by atoms with Gasteiger partial charge in [0.05, 0.1) is 10.7 Å². The number of anilines is 1. The van der Waals surface area contributed by atoms with E-state index in [9.17, 15) is 9.90 Å². The summed E-state index contributed by atoms with van der Waals surface area (Å²) in [6.07, 6.45) is 2.72. The molecule has 5 nitrogen and oxygen atoms in total. The Morgan fingerprint density at radius 1 is 1.00 bits per heavy atom. The van der Waals surface area contributed by atoms with Crippen molar-refractivity contribution in [3.63, 3.8) is 0 Å². The third kappa shape index (κ3) is 5.90. The predicted molar refractivity (Wildman–Crippen MR) is 126 cm³/mol. The van der Waals surface area contributed by atoms with Gasteiger partial charge < -0.3 is 14.8 Å². The van der Waals surface area contributed by atoms with E-state index in [-0.39, 0.29) is 21.6 Å². The number of rotatable bonds is 4. The Morgan fingerprint density at radius 3 is 2.37 bits per heavy atom. The summed E-state index contributed by atoms with van der Waals surface area (Å²) in [6.45, 7) is 0. The summed E-state index contributed by atoms with van der Waals surface area (Å²) in [7, 11) is 0. The second-order valence-corrected chi connectivity index (χ2v) is 8.05. The monoisotopic (exact) mass is 500 g/mol. The Balaban J connectivity index is 1.62.